The Labute approximate surface area is 187 Å². The van der Waals surface area contributed by atoms with Crippen molar-refractivity contribution in [1.29, 1.82) is 0 Å². The van der Waals surface area contributed by atoms with Crippen molar-refractivity contribution in [2.24, 2.45) is 0 Å². The van der Waals surface area contributed by atoms with Crippen LogP contribution in [0.25, 0.3) is 5.76 Å². The highest BCUT2D eigenvalue weighted by molar-refractivity contribution is 6.46. The van der Waals surface area contributed by atoms with E-state index in [1.807, 2.05) is 12.1 Å². The number of aliphatic hydroxyl groups excluding tert-OH is 1. The number of fused-ring (bicyclic) bond motifs is 1. The third-order valence-corrected chi connectivity index (χ3v) is 6.84. The highest BCUT2D eigenvalue weighted by Gasteiger charge is 2.48. The van der Waals surface area contributed by atoms with Crippen molar-refractivity contribution in [3.63, 3.8) is 0 Å². The van der Waals surface area contributed by atoms with Crippen LogP contribution in [-0.2, 0) is 16.0 Å². The molecule has 32 heavy (non-hydrogen) atoms. The molecule has 2 aliphatic heterocycles. The first-order chi connectivity index (χ1) is 15.5. The molecule has 0 bridgehead atoms. The van der Waals surface area contributed by atoms with Gasteiger partial charge in [0.2, 0.25) is 0 Å². The summed E-state index contributed by atoms with van der Waals surface area (Å²) in [6, 6.07) is 11.2. The molecule has 1 unspecified atom stereocenters. The Morgan fingerprint density at radius 3 is 2.47 bits per heavy atom. The second kappa shape index (κ2) is 8.34. The largest absolute Gasteiger partial charge is 0.508 e. The van der Waals surface area contributed by atoms with Crippen molar-refractivity contribution in [1.82, 2.24) is 4.90 Å². The zero-order chi connectivity index (χ0) is 22.2. The summed E-state index contributed by atoms with van der Waals surface area (Å²) in [5, 5.41) is 21.1. The predicted molar refractivity (Wildman–Crippen MR) is 119 cm³/mol. The van der Waals surface area contributed by atoms with Crippen molar-refractivity contribution in [3.8, 4) is 11.5 Å². The quantitative estimate of drug-likeness (QED) is 0.424. The standard InChI is InChI=1S/C26H27NO5/c28-20-11-8-16(9-12-20)23-22(25(30)26(31)27(23)19-6-2-1-3-7-19)24(29)18-10-13-21-17(15-18)5-4-14-32-21/h8-13,15,19,23,28-29H,1-7,14H2/b24-22-. The van der Waals surface area contributed by atoms with Gasteiger partial charge in [0.05, 0.1) is 18.2 Å². The number of carbonyl (C=O) groups is 2. The van der Waals surface area contributed by atoms with Crippen LogP contribution in [0.1, 0.15) is 61.3 Å². The van der Waals surface area contributed by atoms with E-state index in [-0.39, 0.29) is 23.1 Å². The molecule has 2 aromatic rings. The molecule has 3 aliphatic rings. The Kier molecular flexibility index (Phi) is 5.37. The van der Waals surface area contributed by atoms with Gasteiger partial charge in [-0.05, 0) is 67.1 Å². The van der Waals surface area contributed by atoms with Gasteiger partial charge in [0.1, 0.15) is 17.3 Å². The number of carbonyl (C=O) groups excluding carboxylic acids is 2. The molecule has 1 amide bonds. The fraction of sp³-hybridized carbons (Fsp3) is 0.385. The molecule has 2 N–H and O–H groups in total. The lowest BCUT2D eigenvalue weighted by Gasteiger charge is -2.35. The van der Waals surface area contributed by atoms with Crippen molar-refractivity contribution in [2.75, 3.05) is 6.61 Å². The van der Waals surface area contributed by atoms with Crippen LogP contribution in [0.2, 0.25) is 0 Å². The number of aromatic hydroxyl groups is 1. The molecule has 0 spiro atoms. The molecule has 6 nitrogen and oxygen atoms in total. The minimum Gasteiger partial charge on any atom is -0.508 e. The maximum Gasteiger partial charge on any atom is 0.295 e. The van der Waals surface area contributed by atoms with E-state index < -0.39 is 17.7 Å². The minimum atomic E-state index is -0.675. The zero-order valence-electron chi connectivity index (χ0n) is 17.9. The van der Waals surface area contributed by atoms with Crippen molar-refractivity contribution in [2.45, 2.75) is 57.0 Å². The summed E-state index contributed by atoms with van der Waals surface area (Å²) in [5.41, 5.74) is 2.32. The first kappa shape index (κ1) is 20.6. The number of amides is 1. The number of ketones is 1. The molecule has 2 aromatic carbocycles. The average molecular weight is 434 g/mol. The highest BCUT2D eigenvalue weighted by Crippen LogP contribution is 2.43. The van der Waals surface area contributed by atoms with E-state index in [0.29, 0.717) is 17.7 Å². The summed E-state index contributed by atoms with van der Waals surface area (Å²) in [7, 11) is 0. The zero-order valence-corrected chi connectivity index (χ0v) is 17.9. The minimum absolute atomic E-state index is 0.0405. The molecule has 5 rings (SSSR count). The number of Topliss-reactive ketones (excluding diaryl/α,β-unsaturated/α-hetero) is 1. The maximum atomic E-state index is 13.2. The maximum absolute atomic E-state index is 13.2. The summed E-state index contributed by atoms with van der Waals surface area (Å²) >= 11 is 0. The van der Waals surface area contributed by atoms with Gasteiger partial charge in [-0.1, -0.05) is 31.4 Å². The first-order valence-corrected chi connectivity index (χ1v) is 11.4. The number of nitrogens with zero attached hydrogens (tertiary/aromatic N) is 1. The number of hydrogen-bond acceptors (Lipinski definition) is 5. The topological polar surface area (TPSA) is 87.1 Å². The molecule has 0 radical (unpaired) electrons. The van der Waals surface area contributed by atoms with Crippen LogP contribution in [0.4, 0.5) is 0 Å². The fourth-order valence-corrected chi connectivity index (χ4v) is 5.23. The number of rotatable bonds is 3. The van der Waals surface area contributed by atoms with Crippen molar-refractivity contribution < 1.29 is 24.5 Å². The Morgan fingerprint density at radius 2 is 1.72 bits per heavy atom. The SMILES string of the molecule is O=C1C(=O)N(C2CCCCC2)C(c2ccc(O)cc2)/C1=C(/O)c1ccc2c(c1)CCCO2. The van der Waals surface area contributed by atoms with E-state index in [2.05, 4.69) is 0 Å². The van der Waals surface area contributed by atoms with Crippen LogP contribution in [0, 0.1) is 0 Å². The molecule has 1 atom stereocenters. The van der Waals surface area contributed by atoms with Gasteiger partial charge in [-0.25, -0.2) is 0 Å². The summed E-state index contributed by atoms with van der Waals surface area (Å²) in [6.07, 6.45) is 6.59. The van der Waals surface area contributed by atoms with Gasteiger partial charge in [0.25, 0.3) is 11.7 Å². The van der Waals surface area contributed by atoms with Crippen LogP contribution in [0.5, 0.6) is 11.5 Å². The number of likely N-dealkylation sites (tertiary alicyclic amines) is 1. The Morgan fingerprint density at radius 1 is 0.969 bits per heavy atom. The van der Waals surface area contributed by atoms with Gasteiger partial charge in [-0.2, -0.15) is 0 Å². The Balaban J connectivity index is 1.63. The summed E-state index contributed by atoms with van der Waals surface area (Å²) in [5.74, 6) is -0.463. The highest BCUT2D eigenvalue weighted by atomic mass is 16.5. The molecular formula is C26H27NO5. The average Bonchev–Trinajstić information content (AvgIpc) is 3.09. The monoisotopic (exact) mass is 433 g/mol. The first-order valence-electron chi connectivity index (χ1n) is 11.4. The van der Waals surface area contributed by atoms with Gasteiger partial charge in [0.15, 0.2) is 0 Å². The van der Waals surface area contributed by atoms with E-state index in [9.17, 15) is 19.8 Å². The van der Waals surface area contributed by atoms with E-state index in [1.54, 1.807) is 35.2 Å². The number of phenols is 1. The predicted octanol–water partition coefficient (Wildman–Crippen LogP) is 4.47. The molecule has 1 saturated heterocycles. The summed E-state index contributed by atoms with van der Waals surface area (Å²) < 4.78 is 5.67. The second-order valence-electron chi connectivity index (χ2n) is 8.86. The van der Waals surface area contributed by atoms with E-state index in [4.69, 9.17) is 4.74 Å². The Hall–Kier alpha value is -3.28. The number of ether oxygens (including phenoxy) is 1. The summed E-state index contributed by atoms with van der Waals surface area (Å²) in [4.78, 5) is 28.1. The van der Waals surface area contributed by atoms with Gasteiger partial charge in [0, 0.05) is 11.6 Å². The number of aryl methyl sites for hydroxylation is 1. The number of benzene rings is 2. The van der Waals surface area contributed by atoms with E-state index >= 15 is 0 Å². The molecule has 1 aliphatic carbocycles. The molecule has 0 aromatic heterocycles. The fourth-order valence-electron chi connectivity index (χ4n) is 5.23. The smallest absolute Gasteiger partial charge is 0.295 e. The van der Waals surface area contributed by atoms with E-state index in [1.165, 1.54) is 0 Å². The van der Waals surface area contributed by atoms with Crippen LogP contribution in [-0.4, -0.2) is 39.5 Å². The van der Waals surface area contributed by atoms with Gasteiger partial charge in [-0.15, -0.1) is 0 Å². The molecule has 2 fully saturated rings. The molecule has 2 heterocycles. The van der Waals surface area contributed by atoms with Crippen LogP contribution >= 0.6 is 0 Å². The van der Waals surface area contributed by atoms with Crippen molar-refractivity contribution in [3.05, 3.63) is 64.7 Å². The molecule has 166 valence electrons. The second-order valence-corrected chi connectivity index (χ2v) is 8.86. The van der Waals surface area contributed by atoms with Crippen LogP contribution < -0.4 is 4.74 Å². The lowest BCUT2D eigenvalue weighted by atomic mass is 9.90. The molecule has 1 saturated carbocycles. The summed E-state index contributed by atoms with van der Waals surface area (Å²) in [6.45, 7) is 0.672. The van der Waals surface area contributed by atoms with Gasteiger partial charge >= 0.3 is 0 Å². The third kappa shape index (κ3) is 3.53. The van der Waals surface area contributed by atoms with Crippen molar-refractivity contribution >= 4 is 17.4 Å². The van der Waals surface area contributed by atoms with Crippen LogP contribution in [0.15, 0.2) is 48.0 Å². The van der Waals surface area contributed by atoms with Gasteiger partial charge < -0.3 is 19.8 Å². The lowest BCUT2D eigenvalue weighted by Crippen LogP contribution is -2.40. The lowest BCUT2D eigenvalue weighted by molar-refractivity contribution is -0.141. The Bertz CT molecular complexity index is 1080. The normalized spacial score (nSPS) is 23.1. The van der Waals surface area contributed by atoms with Crippen LogP contribution in [0.3, 0.4) is 0 Å². The number of hydrogen-bond donors (Lipinski definition) is 2. The third-order valence-electron chi connectivity index (χ3n) is 6.84. The molecular weight excluding hydrogens is 406 g/mol. The number of aliphatic hydroxyl groups is 1. The molecule has 6 heteroatoms. The van der Waals surface area contributed by atoms with Gasteiger partial charge in [-0.3, -0.25) is 9.59 Å². The van der Waals surface area contributed by atoms with E-state index in [0.717, 1.165) is 56.3 Å². The number of phenolic OH excluding ortho intramolecular Hbond substituents is 1.